The zero-order valence-corrected chi connectivity index (χ0v) is 13.9. The molecule has 0 amide bonds. The average Bonchev–Trinajstić information content (AvgIpc) is 3.50. The van der Waals surface area contributed by atoms with E-state index in [1.54, 1.807) is 0 Å². The number of hydrogen-bond donors (Lipinski definition) is 0. The van der Waals surface area contributed by atoms with E-state index in [0.717, 1.165) is 0 Å². The molecule has 0 aliphatic rings. The largest absolute Gasteiger partial charge is 0.690 e. The lowest BCUT2D eigenvalue weighted by atomic mass is 10.6. The first-order chi connectivity index (χ1) is 14.9. The predicted octanol–water partition coefficient (Wildman–Crippen LogP) is 0.545. The second-order valence-corrected chi connectivity index (χ2v) is 4.66. The Morgan fingerprint density at radius 3 is 1.58 bits per heavy atom. The van der Waals surface area contributed by atoms with Gasteiger partial charge in [0.15, 0.2) is 15.5 Å². The smallest absolute Gasteiger partial charge is 0.478 e. The van der Waals surface area contributed by atoms with Crippen molar-refractivity contribution in [2.45, 2.75) is 0 Å². The molecular weight excluding hydrogens is 440 g/mol. The molecule has 0 N–H and O–H groups in total. The van der Waals surface area contributed by atoms with Crippen molar-refractivity contribution in [3.63, 3.8) is 0 Å². The Hall–Kier alpha value is -5.64. The first kappa shape index (κ1) is 18.7. The van der Waals surface area contributed by atoms with E-state index in [0.29, 0.717) is 0 Å². The van der Waals surface area contributed by atoms with E-state index >= 15 is 0 Å². The zero-order chi connectivity index (χ0) is 22.0. The minimum absolute atomic E-state index is 0.285. The van der Waals surface area contributed by atoms with Crippen LogP contribution in [0.4, 0.5) is 23.3 Å². The molecule has 23 heteroatoms. The second-order valence-electron chi connectivity index (χ2n) is 4.66. The van der Waals surface area contributed by atoms with E-state index in [1.165, 1.54) is 0 Å². The van der Waals surface area contributed by atoms with Crippen molar-refractivity contribution in [1.29, 1.82) is 0 Å². The Balaban J connectivity index is 1.59. The predicted molar refractivity (Wildman–Crippen MR) is 76.0 cm³/mol. The zero-order valence-electron chi connectivity index (χ0n) is 13.9. The molecule has 31 heavy (non-hydrogen) atoms. The van der Waals surface area contributed by atoms with Crippen LogP contribution < -0.4 is 9.47 Å². The number of aromatic nitrogens is 8. The molecule has 4 aromatic rings. The topological polar surface area (TPSA) is 299 Å². The third-order valence-corrected chi connectivity index (χ3v) is 2.87. The van der Waals surface area contributed by atoms with Gasteiger partial charge in [-0.15, -0.1) is 18.7 Å². The minimum Gasteiger partial charge on any atom is -0.690 e. The summed E-state index contributed by atoms with van der Waals surface area (Å²) in [5.41, 5.74) is 0. The standard InChI is InChI=1S/C8N12O11/c21-18(2-6(15-29-11-2)27-8-4(20(24)25)13-31-17-8)9-1-5(14-28-10-1)26-7-3(19(22)23)12-30-16-7. The van der Waals surface area contributed by atoms with Gasteiger partial charge in [0.1, 0.15) is 0 Å². The SMILES string of the molecule is O=[N+]([O-])c1nonc1Oc1nonc1N=[N+]([O-])c1nonc1Oc1nonc1[N+](=O)[O-]. The highest BCUT2D eigenvalue weighted by molar-refractivity contribution is 5.41. The summed E-state index contributed by atoms with van der Waals surface area (Å²) in [7, 11) is 0. The van der Waals surface area contributed by atoms with Crippen LogP contribution >= 0.6 is 0 Å². The third kappa shape index (κ3) is 3.58. The second kappa shape index (κ2) is 7.41. The molecular formula is C8N12O11. The van der Waals surface area contributed by atoms with E-state index in [1.807, 2.05) is 0 Å². The third-order valence-electron chi connectivity index (χ3n) is 2.87. The van der Waals surface area contributed by atoms with Crippen LogP contribution in [0.3, 0.4) is 0 Å². The van der Waals surface area contributed by atoms with E-state index in [2.05, 4.69) is 64.9 Å². The van der Waals surface area contributed by atoms with E-state index < -0.39 is 56.6 Å². The molecule has 0 aliphatic heterocycles. The van der Waals surface area contributed by atoms with Crippen LogP contribution in [0.2, 0.25) is 0 Å². The number of azo groups is 1. The number of nitro groups is 2. The summed E-state index contributed by atoms with van der Waals surface area (Å²) in [4.78, 5) is 19.3. The van der Waals surface area contributed by atoms with Gasteiger partial charge >= 0.3 is 46.8 Å². The molecule has 4 rings (SSSR count). The maximum absolute atomic E-state index is 12.3. The van der Waals surface area contributed by atoms with Gasteiger partial charge < -0.3 is 34.9 Å². The van der Waals surface area contributed by atoms with Crippen LogP contribution in [-0.4, -0.2) is 56.0 Å². The fourth-order valence-electron chi connectivity index (χ4n) is 1.68. The molecule has 0 saturated heterocycles. The molecule has 0 aliphatic carbocycles. The Bertz CT molecular complexity index is 1280. The van der Waals surface area contributed by atoms with Crippen molar-refractivity contribution < 1.29 is 42.7 Å². The van der Waals surface area contributed by atoms with Gasteiger partial charge in [0.2, 0.25) is 0 Å². The molecule has 0 atom stereocenters. The lowest BCUT2D eigenvalue weighted by Crippen LogP contribution is -1.97. The summed E-state index contributed by atoms with van der Waals surface area (Å²) < 4.78 is 26.8. The van der Waals surface area contributed by atoms with Crippen LogP contribution in [0, 0.1) is 25.4 Å². The van der Waals surface area contributed by atoms with Gasteiger partial charge in [0.05, 0.1) is 0 Å². The van der Waals surface area contributed by atoms with Crippen molar-refractivity contribution in [2.24, 2.45) is 5.11 Å². The fourth-order valence-corrected chi connectivity index (χ4v) is 1.68. The lowest BCUT2D eigenvalue weighted by molar-refractivity contribution is -0.441. The van der Waals surface area contributed by atoms with Crippen molar-refractivity contribution in [1.82, 2.24) is 41.3 Å². The Kier molecular flexibility index (Phi) is 4.47. The molecule has 158 valence electrons. The van der Waals surface area contributed by atoms with Gasteiger partial charge in [-0.2, -0.15) is 0 Å². The van der Waals surface area contributed by atoms with Gasteiger partial charge in [0, 0.05) is 15.5 Å². The monoisotopic (exact) mass is 440 g/mol. The van der Waals surface area contributed by atoms with Gasteiger partial charge in [-0.05, 0) is 25.3 Å². The van der Waals surface area contributed by atoms with E-state index in [4.69, 9.17) is 9.47 Å². The van der Waals surface area contributed by atoms with Crippen molar-refractivity contribution in [3.05, 3.63) is 25.4 Å². The maximum atomic E-state index is 12.3. The van der Waals surface area contributed by atoms with E-state index in [-0.39, 0.29) is 4.86 Å². The molecule has 0 radical (unpaired) electrons. The van der Waals surface area contributed by atoms with E-state index in [9.17, 15) is 25.4 Å². The highest BCUT2D eigenvalue weighted by Gasteiger charge is 2.32. The highest BCUT2D eigenvalue weighted by Crippen LogP contribution is 2.34. The summed E-state index contributed by atoms with van der Waals surface area (Å²) in [6, 6.07) is 0. The average molecular weight is 440 g/mol. The summed E-state index contributed by atoms with van der Waals surface area (Å²) in [5, 5.41) is 62.4. The Morgan fingerprint density at radius 1 is 0.613 bits per heavy atom. The maximum Gasteiger partial charge on any atom is 0.478 e. The number of nitrogens with zero attached hydrogens (tertiary/aromatic N) is 12. The van der Waals surface area contributed by atoms with Gasteiger partial charge in [0.25, 0.3) is 0 Å². The van der Waals surface area contributed by atoms with Crippen LogP contribution in [0.5, 0.6) is 23.5 Å². The molecule has 0 unspecified atom stereocenters. The Morgan fingerprint density at radius 2 is 1.03 bits per heavy atom. The van der Waals surface area contributed by atoms with Crippen LogP contribution in [0.1, 0.15) is 0 Å². The summed E-state index contributed by atoms with van der Waals surface area (Å²) in [5.74, 6) is -6.17. The van der Waals surface area contributed by atoms with Gasteiger partial charge in [-0.1, -0.05) is 0 Å². The molecule has 0 saturated carbocycles. The molecule has 23 nitrogen and oxygen atoms in total. The molecule has 4 heterocycles. The first-order valence-corrected chi connectivity index (χ1v) is 7.07. The fraction of sp³-hybridized carbons (Fsp3) is 0. The van der Waals surface area contributed by atoms with Crippen LogP contribution in [0.15, 0.2) is 23.6 Å². The number of rotatable bonds is 8. The summed E-state index contributed by atoms with van der Waals surface area (Å²) >= 11 is 0. The van der Waals surface area contributed by atoms with Gasteiger partial charge in [-0.25, -0.2) is 4.63 Å². The molecule has 0 fully saturated rings. The van der Waals surface area contributed by atoms with Crippen molar-refractivity contribution in [2.75, 3.05) is 0 Å². The highest BCUT2D eigenvalue weighted by atomic mass is 16.7. The summed E-state index contributed by atoms with van der Waals surface area (Å²) in [6.45, 7) is 0. The quantitative estimate of drug-likeness (QED) is 0.156. The minimum atomic E-state index is -0.985. The Labute approximate surface area is 162 Å². The molecule has 0 bridgehead atoms. The lowest BCUT2D eigenvalue weighted by Gasteiger charge is -2.00. The molecule has 0 spiro atoms. The molecule has 0 aromatic carbocycles. The van der Waals surface area contributed by atoms with Crippen molar-refractivity contribution in [3.8, 4) is 23.5 Å². The number of hydrogen-bond acceptors (Lipinski definition) is 20. The normalized spacial score (nSPS) is 11.4. The molecule has 4 aromatic heterocycles. The van der Waals surface area contributed by atoms with Crippen molar-refractivity contribution >= 4 is 23.3 Å². The van der Waals surface area contributed by atoms with Crippen LogP contribution in [-0.2, 0) is 0 Å². The van der Waals surface area contributed by atoms with Gasteiger partial charge in [-0.3, -0.25) is 0 Å². The summed E-state index contributed by atoms with van der Waals surface area (Å²) in [6.07, 6.45) is 0. The van der Waals surface area contributed by atoms with Crippen LogP contribution in [0.25, 0.3) is 0 Å². The first-order valence-electron chi connectivity index (χ1n) is 7.07. The number of ether oxygens (including phenoxy) is 2.